The second-order valence-electron chi connectivity index (χ2n) is 7.02. The fourth-order valence-electron chi connectivity index (χ4n) is 5.04. The van der Waals surface area contributed by atoms with E-state index in [0.29, 0.717) is 10.9 Å². The Morgan fingerprint density at radius 3 is 2.16 bits per heavy atom. The molecule has 0 aliphatic heterocycles. The van der Waals surface area contributed by atoms with Gasteiger partial charge in [-0.15, -0.1) is 0 Å². The molecule has 4 aliphatic carbocycles. The molecule has 4 fully saturated rings. The summed E-state index contributed by atoms with van der Waals surface area (Å²) in [6.07, 6.45) is 9.17. The lowest BCUT2D eigenvalue weighted by atomic mass is 9.49. The van der Waals surface area contributed by atoms with Gasteiger partial charge in [-0.05, 0) is 69.1 Å². The van der Waals surface area contributed by atoms with Crippen molar-refractivity contribution in [1.29, 1.82) is 0 Å². The molecule has 4 aliphatic rings. The highest BCUT2D eigenvalue weighted by Crippen LogP contribution is 2.60. The maximum atomic E-state index is 12.6. The highest BCUT2D eigenvalue weighted by atomic mass is 32.1. The van der Waals surface area contributed by atoms with Gasteiger partial charge in [0.05, 0.1) is 4.99 Å². The summed E-state index contributed by atoms with van der Waals surface area (Å²) in [7, 11) is 0. The molecule has 3 nitrogen and oxygen atoms in total. The number of hydrogen-bond acceptors (Lipinski definition) is 2. The van der Waals surface area contributed by atoms with E-state index in [-0.39, 0.29) is 5.41 Å². The molecule has 4 heteroatoms. The van der Waals surface area contributed by atoms with Crippen molar-refractivity contribution in [2.24, 2.45) is 28.9 Å². The molecule has 0 heterocycles. The summed E-state index contributed by atoms with van der Waals surface area (Å²) in [5, 5.41) is 3.14. The number of rotatable bonds is 5. The molecule has 3 N–H and O–H groups in total. The van der Waals surface area contributed by atoms with Crippen molar-refractivity contribution in [3.05, 3.63) is 0 Å². The first-order valence-corrected chi connectivity index (χ1v) is 8.05. The summed E-state index contributed by atoms with van der Waals surface area (Å²) in [5.41, 5.74) is 5.46. The third-order valence-corrected chi connectivity index (χ3v) is 5.61. The minimum absolute atomic E-state index is 0.0159. The van der Waals surface area contributed by atoms with Crippen molar-refractivity contribution in [2.45, 2.75) is 51.4 Å². The maximum absolute atomic E-state index is 12.6. The molecule has 0 aromatic heterocycles. The van der Waals surface area contributed by atoms with Gasteiger partial charge in [0.1, 0.15) is 0 Å². The van der Waals surface area contributed by atoms with E-state index in [4.69, 9.17) is 18.0 Å². The number of hydrogen-bond donors (Lipinski definition) is 2. The first kappa shape index (κ1) is 13.3. The second-order valence-corrected chi connectivity index (χ2v) is 7.55. The highest BCUT2D eigenvalue weighted by Gasteiger charge is 2.54. The van der Waals surface area contributed by atoms with Crippen molar-refractivity contribution < 1.29 is 4.79 Å². The molecule has 0 spiro atoms. The lowest BCUT2D eigenvalue weighted by Gasteiger charge is -2.55. The quantitative estimate of drug-likeness (QED) is 0.600. The number of amides is 1. The predicted octanol–water partition coefficient (Wildman–Crippen LogP) is 2.39. The van der Waals surface area contributed by atoms with Gasteiger partial charge >= 0.3 is 0 Å². The molecule has 106 valence electrons. The highest BCUT2D eigenvalue weighted by molar-refractivity contribution is 7.80. The van der Waals surface area contributed by atoms with E-state index in [1.165, 1.54) is 19.3 Å². The predicted molar refractivity (Wildman–Crippen MR) is 79.6 cm³/mol. The van der Waals surface area contributed by atoms with Gasteiger partial charge in [0, 0.05) is 12.0 Å². The second kappa shape index (κ2) is 5.04. The van der Waals surface area contributed by atoms with Gasteiger partial charge < -0.3 is 11.1 Å². The first-order chi connectivity index (χ1) is 9.07. The third-order valence-electron chi connectivity index (χ3n) is 5.41. The van der Waals surface area contributed by atoms with E-state index < -0.39 is 0 Å². The Labute approximate surface area is 120 Å². The van der Waals surface area contributed by atoms with Gasteiger partial charge in [-0.1, -0.05) is 12.2 Å². The fraction of sp³-hybridized carbons (Fsp3) is 0.867. The number of thiocarbonyl (C=S) groups is 1. The molecule has 4 saturated carbocycles. The van der Waals surface area contributed by atoms with Gasteiger partial charge in [0.25, 0.3) is 0 Å². The Balaban J connectivity index is 1.56. The maximum Gasteiger partial charge on any atom is 0.226 e. The lowest BCUT2D eigenvalue weighted by molar-refractivity contribution is -0.146. The van der Waals surface area contributed by atoms with Crippen LogP contribution in [0.25, 0.3) is 0 Å². The zero-order valence-corrected chi connectivity index (χ0v) is 12.3. The molecular formula is C15H24N2OS. The monoisotopic (exact) mass is 280 g/mol. The zero-order valence-electron chi connectivity index (χ0n) is 11.5. The lowest BCUT2D eigenvalue weighted by Crippen LogP contribution is -2.53. The average Bonchev–Trinajstić information content (AvgIpc) is 2.32. The zero-order chi connectivity index (χ0) is 13.5. The SMILES string of the molecule is NC(=S)CCCNC(=O)C12CC3CC(CC(C3)C1)C2. The van der Waals surface area contributed by atoms with Crippen LogP contribution in [0.1, 0.15) is 51.4 Å². The summed E-state index contributed by atoms with van der Waals surface area (Å²) < 4.78 is 0. The Kier molecular flexibility index (Phi) is 3.54. The van der Waals surface area contributed by atoms with Gasteiger partial charge in [-0.25, -0.2) is 0 Å². The van der Waals surface area contributed by atoms with Crippen molar-refractivity contribution in [3.8, 4) is 0 Å². The molecule has 0 aromatic carbocycles. The minimum Gasteiger partial charge on any atom is -0.393 e. The van der Waals surface area contributed by atoms with E-state index in [1.807, 2.05) is 0 Å². The summed E-state index contributed by atoms with van der Waals surface area (Å²) in [6.45, 7) is 0.720. The Hall–Kier alpha value is -0.640. The Bertz CT molecular complexity index is 358. The Morgan fingerprint density at radius 1 is 1.16 bits per heavy atom. The number of nitrogens with one attached hydrogen (secondary N) is 1. The largest absolute Gasteiger partial charge is 0.393 e. The summed E-state index contributed by atoms with van der Waals surface area (Å²) in [4.78, 5) is 13.1. The molecule has 0 radical (unpaired) electrons. The van der Waals surface area contributed by atoms with E-state index in [9.17, 15) is 4.79 Å². The van der Waals surface area contributed by atoms with Crippen LogP contribution in [0.5, 0.6) is 0 Å². The summed E-state index contributed by atoms with van der Waals surface area (Å²) in [5.74, 6) is 2.80. The van der Waals surface area contributed by atoms with Crippen molar-refractivity contribution >= 4 is 23.1 Å². The van der Waals surface area contributed by atoms with E-state index in [2.05, 4.69) is 5.32 Å². The third kappa shape index (κ3) is 2.64. The van der Waals surface area contributed by atoms with Crippen LogP contribution in [0.2, 0.25) is 0 Å². The number of carbonyl (C=O) groups is 1. The normalized spacial score (nSPS) is 39.3. The van der Waals surface area contributed by atoms with Crippen molar-refractivity contribution in [3.63, 3.8) is 0 Å². The first-order valence-electron chi connectivity index (χ1n) is 7.64. The number of carbonyl (C=O) groups excluding carboxylic acids is 1. The fourth-order valence-corrected chi connectivity index (χ4v) is 5.19. The van der Waals surface area contributed by atoms with Crippen LogP contribution in [0.15, 0.2) is 0 Å². The van der Waals surface area contributed by atoms with Crippen LogP contribution in [0, 0.1) is 23.2 Å². The van der Waals surface area contributed by atoms with E-state index in [0.717, 1.165) is 56.4 Å². The molecule has 19 heavy (non-hydrogen) atoms. The standard InChI is InChI=1S/C15H24N2OS/c16-13(19)2-1-3-17-14(18)15-7-10-4-11(8-15)6-12(5-10)9-15/h10-12H,1-9H2,(H2,16,19)(H,17,18). The van der Waals surface area contributed by atoms with Crippen molar-refractivity contribution in [2.75, 3.05) is 6.54 Å². The topological polar surface area (TPSA) is 55.1 Å². The Morgan fingerprint density at radius 2 is 1.68 bits per heavy atom. The van der Waals surface area contributed by atoms with Crippen LogP contribution in [0.3, 0.4) is 0 Å². The van der Waals surface area contributed by atoms with Gasteiger partial charge in [-0.2, -0.15) is 0 Å². The molecule has 0 unspecified atom stereocenters. The molecular weight excluding hydrogens is 256 g/mol. The van der Waals surface area contributed by atoms with Crippen LogP contribution in [0.4, 0.5) is 0 Å². The van der Waals surface area contributed by atoms with E-state index in [1.54, 1.807) is 0 Å². The van der Waals surface area contributed by atoms with Gasteiger partial charge in [0.2, 0.25) is 5.91 Å². The molecule has 0 aromatic rings. The summed E-state index contributed by atoms with van der Waals surface area (Å²) >= 11 is 4.86. The van der Waals surface area contributed by atoms with Gasteiger partial charge in [0.15, 0.2) is 0 Å². The molecule has 1 amide bonds. The van der Waals surface area contributed by atoms with Crippen LogP contribution in [-0.4, -0.2) is 17.4 Å². The summed E-state index contributed by atoms with van der Waals surface area (Å²) in [6, 6.07) is 0. The van der Waals surface area contributed by atoms with E-state index >= 15 is 0 Å². The smallest absolute Gasteiger partial charge is 0.226 e. The van der Waals surface area contributed by atoms with Crippen LogP contribution < -0.4 is 11.1 Å². The average molecular weight is 280 g/mol. The minimum atomic E-state index is -0.0159. The van der Waals surface area contributed by atoms with Gasteiger partial charge in [-0.3, -0.25) is 4.79 Å². The number of nitrogens with two attached hydrogens (primary N) is 1. The van der Waals surface area contributed by atoms with Crippen molar-refractivity contribution in [1.82, 2.24) is 5.32 Å². The van der Waals surface area contributed by atoms with Crippen LogP contribution in [-0.2, 0) is 4.79 Å². The molecule has 0 atom stereocenters. The van der Waals surface area contributed by atoms with Crippen LogP contribution >= 0.6 is 12.2 Å². The molecule has 4 rings (SSSR count). The molecule has 0 saturated heterocycles. The molecule has 4 bridgehead atoms.